The first kappa shape index (κ1) is 16.6. The first-order chi connectivity index (χ1) is 13.5. The highest BCUT2D eigenvalue weighted by atomic mass is 19.1. The molecule has 5 rings (SSSR count). The number of hydrogen-bond donors (Lipinski definition) is 2. The normalized spacial score (nSPS) is 18.5. The lowest BCUT2D eigenvalue weighted by Crippen LogP contribution is -2.23. The average Bonchev–Trinajstić information content (AvgIpc) is 3.31. The third kappa shape index (κ3) is 2.57. The molecule has 3 heterocycles. The summed E-state index contributed by atoms with van der Waals surface area (Å²) in [7, 11) is 0. The number of aromatic nitrogens is 5. The number of nitrogens with one attached hydrogen (secondary N) is 2. The Labute approximate surface area is 157 Å². The molecule has 140 valence electrons. The van der Waals surface area contributed by atoms with Crippen LogP contribution in [0.1, 0.15) is 34.9 Å². The Balaban J connectivity index is 1.62. The van der Waals surface area contributed by atoms with Gasteiger partial charge in [0.2, 0.25) is 0 Å². The molecular formula is C20H16FN5O2. The fraction of sp³-hybridized carbons (Fsp3) is 0.200. The molecule has 8 heteroatoms. The van der Waals surface area contributed by atoms with E-state index in [9.17, 15) is 14.0 Å². The molecule has 0 radical (unpaired) electrons. The van der Waals surface area contributed by atoms with Crippen LogP contribution in [0.2, 0.25) is 0 Å². The summed E-state index contributed by atoms with van der Waals surface area (Å²) in [5.74, 6) is -0.0185. The van der Waals surface area contributed by atoms with Crippen molar-refractivity contribution in [3.63, 3.8) is 0 Å². The molecule has 1 fully saturated rings. The third-order valence-corrected chi connectivity index (χ3v) is 5.29. The van der Waals surface area contributed by atoms with Crippen molar-refractivity contribution in [3.05, 3.63) is 86.2 Å². The van der Waals surface area contributed by atoms with E-state index in [0.717, 1.165) is 12.0 Å². The first-order valence-electron chi connectivity index (χ1n) is 8.94. The number of hydrogen-bond acceptors (Lipinski definition) is 4. The maximum absolute atomic E-state index is 14.6. The van der Waals surface area contributed by atoms with Gasteiger partial charge in [0.1, 0.15) is 5.82 Å². The third-order valence-electron chi connectivity index (χ3n) is 5.29. The van der Waals surface area contributed by atoms with E-state index in [1.165, 1.54) is 6.20 Å². The lowest BCUT2D eigenvalue weighted by Gasteiger charge is -2.08. The Kier molecular flexibility index (Phi) is 3.55. The number of imidazole rings is 1. The van der Waals surface area contributed by atoms with Crippen LogP contribution in [-0.4, -0.2) is 24.6 Å². The van der Waals surface area contributed by atoms with Crippen molar-refractivity contribution in [1.82, 2.24) is 24.6 Å². The average molecular weight is 377 g/mol. The van der Waals surface area contributed by atoms with E-state index in [-0.39, 0.29) is 23.2 Å². The van der Waals surface area contributed by atoms with Crippen molar-refractivity contribution < 1.29 is 4.39 Å². The van der Waals surface area contributed by atoms with Gasteiger partial charge in [-0.05, 0) is 42.4 Å². The van der Waals surface area contributed by atoms with Crippen molar-refractivity contribution in [2.45, 2.75) is 25.2 Å². The standard InChI is InChI=1S/C20H16FN5O2/c1-10-3-2-4-11(17(10)21)12-7-13(12)14-8-16(25-26-6-5-22-18(14)26)15-9-23-20(28)24-19(15)27/h2-6,8-9,12-13H,7H2,1H3,(H2,23,24,27,28)/t12-,13+/m1/s1. The van der Waals surface area contributed by atoms with E-state index in [1.54, 1.807) is 29.9 Å². The molecule has 0 saturated heterocycles. The van der Waals surface area contributed by atoms with Gasteiger partial charge in [-0.2, -0.15) is 5.10 Å². The van der Waals surface area contributed by atoms with Crippen LogP contribution < -0.4 is 11.2 Å². The molecule has 0 amide bonds. The van der Waals surface area contributed by atoms with Crippen molar-refractivity contribution >= 4 is 5.65 Å². The smallest absolute Gasteiger partial charge is 0.313 e. The maximum atomic E-state index is 14.6. The zero-order valence-electron chi connectivity index (χ0n) is 14.9. The highest BCUT2D eigenvalue weighted by Gasteiger charge is 2.43. The van der Waals surface area contributed by atoms with Crippen LogP contribution in [0.15, 0.2) is 52.4 Å². The fourth-order valence-corrected chi connectivity index (χ4v) is 3.78. The zero-order valence-corrected chi connectivity index (χ0v) is 14.9. The number of fused-ring (bicyclic) bond motifs is 1. The second-order valence-corrected chi connectivity index (χ2v) is 7.09. The number of H-pyrrole nitrogens is 2. The number of aryl methyl sites for hydroxylation is 1. The molecule has 1 saturated carbocycles. The Morgan fingerprint density at radius 3 is 2.86 bits per heavy atom. The van der Waals surface area contributed by atoms with Gasteiger partial charge in [-0.15, -0.1) is 0 Å². The minimum atomic E-state index is -0.574. The number of aromatic amines is 2. The van der Waals surface area contributed by atoms with Gasteiger partial charge in [-0.3, -0.25) is 9.78 Å². The molecule has 3 aromatic heterocycles. The van der Waals surface area contributed by atoms with Crippen LogP contribution in [0, 0.1) is 12.7 Å². The summed E-state index contributed by atoms with van der Waals surface area (Å²) in [4.78, 5) is 32.6. The number of halogens is 1. The summed E-state index contributed by atoms with van der Waals surface area (Å²) in [6.45, 7) is 1.76. The second kappa shape index (κ2) is 5.98. The Bertz CT molecular complexity index is 1340. The van der Waals surface area contributed by atoms with Gasteiger partial charge in [0, 0.05) is 24.2 Å². The molecule has 1 aliphatic rings. The SMILES string of the molecule is Cc1cccc([C@H]2C[C@@H]2c2cc(-c3c[nH]c(=O)[nH]c3=O)nn3ccnc23)c1F. The first-order valence-corrected chi connectivity index (χ1v) is 8.94. The van der Waals surface area contributed by atoms with E-state index in [2.05, 4.69) is 20.1 Å². The molecule has 0 spiro atoms. The van der Waals surface area contributed by atoms with Crippen molar-refractivity contribution in [1.29, 1.82) is 0 Å². The summed E-state index contributed by atoms with van der Waals surface area (Å²) in [5.41, 5.74) is 2.52. The van der Waals surface area contributed by atoms with Gasteiger partial charge in [-0.25, -0.2) is 18.7 Å². The van der Waals surface area contributed by atoms with Crippen LogP contribution >= 0.6 is 0 Å². The van der Waals surface area contributed by atoms with E-state index >= 15 is 0 Å². The zero-order chi connectivity index (χ0) is 19.4. The molecule has 0 bridgehead atoms. The van der Waals surface area contributed by atoms with Gasteiger partial charge >= 0.3 is 5.69 Å². The highest BCUT2D eigenvalue weighted by Crippen LogP contribution is 2.56. The van der Waals surface area contributed by atoms with Gasteiger partial charge in [0.15, 0.2) is 5.65 Å². The van der Waals surface area contributed by atoms with Crippen LogP contribution in [0.5, 0.6) is 0 Å². The van der Waals surface area contributed by atoms with E-state index in [0.29, 0.717) is 22.5 Å². The molecule has 7 nitrogen and oxygen atoms in total. The van der Waals surface area contributed by atoms with Crippen molar-refractivity contribution in [2.24, 2.45) is 0 Å². The van der Waals surface area contributed by atoms with E-state index in [1.807, 2.05) is 18.2 Å². The quantitative estimate of drug-likeness (QED) is 0.573. The highest BCUT2D eigenvalue weighted by molar-refractivity contribution is 5.63. The molecule has 0 aliphatic heterocycles. The Hall–Kier alpha value is -3.55. The molecular weight excluding hydrogens is 361 g/mol. The predicted molar refractivity (Wildman–Crippen MR) is 101 cm³/mol. The van der Waals surface area contributed by atoms with Crippen LogP contribution in [-0.2, 0) is 0 Å². The molecule has 0 unspecified atom stereocenters. The van der Waals surface area contributed by atoms with Crippen molar-refractivity contribution in [2.75, 3.05) is 0 Å². The number of benzene rings is 1. The van der Waals surface area contributed by atoms with Gasteiger partial charge < -0.3 is 4.98 Å². The van der Waals surface area contributed by atoms with E-state index < -0.39 is 11.2 Å². The van der Waals surface area contributed by atoms with Gasteiger partial charge in [0.25, 0.3) is 5.56 Å². The molecule has 2 N–H and O–H groups in total. The lowest BCUT2D eigenvalue weighted by molar-refractivity contribution is 0.600. The second-order valence-electron chi connectivity index (χ2n) is 7.09. The Morgan fingerprint density at radius 1 is 1.21 bits per heavy atom. The van der Waals surface area contributed by atoms with Crippen LogP contribution in [0.4, 0.5) is 4.39 Å². The topological polar surface area (TPSA) is 95.9 Å². The predicted octanol–water partition coefficient (Wildman–Crippen LogP) is 2.49. The molecule has 2 atom stereocenters. The lowest BCUT2D eigenvalue weighted by atomic mass is 10.0. The fourth-order valence-electron chi connectivity index (χ4n) is 3.78. The van der Waals surface area contributed by atoms with Gasteiger partial charge in [-0.1, -0.05) is 18.2 Å². The van der Waals surface area contributed by atoms with E-state index in [4.69, 9.17) is 0 Å². The maximum Gasteiger partial charge on any atom is 0.325 e. The summed E-state index contributed by atoms with van der Waals surface area (Å²) in [6.07, 6.45) is 5.49. The summed E-state index contributed by atoms with van der Waals surface area (Å²) in [6, 6.07) is 7.26. The minimum Gasteiger partial charge on any atom is -0.313 e. The number of nitrogens with zero attached hydrogens (tertiary/aromatic N) is 3. The van der Waals surface area contributed by atoms with Crippen molar-refractivity contribution in [3.8, 4) is 11.3 Å². The molecule has 1 aromatic carbocycles. The van der Waals surface area contributed by atoms with Crippen LogP contribution in [0.3, 0.4) is 0 Å². The molecule has 4 aromatic rings. The Morgan fingerprint density at radius 2 is 2.04 bits per heavy atom. The summed E-state index contributed by atoms with van der Waals surface area (Å²) < 4.78 is 16.2. The molecule has 28 heavy (non-hydrogen) atoms. The number of rotatable bonds is 3. The molecule has 1 aliphatic carbocycles. The summed E-state index contributed by atoms with van der Waals surface area (Å²) in [5, 5.41) is 4.43. The summed E-state index contributed by atoms with van der Waals surface area (Å²) >= 11 is 0. The largest absolute Gasteiger partial charge is 0.325 e. The van der Waals surface area contributed by atoms with Crippen LogP contribution in [0.25, 0.3) is 16.9 Å². The monoisotopic (exact) mass is 377 g/mol. The minimum absolute atomic E-state index is 0.0597. The van der Waals surface area contributed by atoms with Gasteiger partial charge in [0.05, 0.1) is 11.3 Å².